The zero-order chi connectivity index (χ0) is 13.4. The number of carbonyl (C=O) groups excluding carboxylic acids is 1. The molecule has 1 amide bonds. The summed E-state index contributed by atoms with van der Waals surface area (Å²) in [6.45, 7) is 6.97. The molecule has 0 radical (unpaired) electrons. The summed E-state index contributed by atoms with van der Waals surface area (Å²) in [5, 5.41) is 6.07. The molecule has 0 aliphatic carbocycles. The second-order valence-corrected chi connectivity index (χ2v) is 4.39. The maximum absolute atomic E-state index is 11.9. The highest BCUT2D eigenvalue weighted by Gasteiger charge is 2.11. The summed E-state index contributed by atoms with van der Waals surface area (Å²) in [6, 6.07) is 4.03. The van der Waals surface area contributed by atoms with E-state index in [4.69, 9.17) is 4.74 Å². The Kier molecular flexibility index (Phi) is 6.46. The third-order valence-corrected chi connectivity index (χ3v) is 2.64. The Morgan fingerprint density at radius 1 is 1.39 bits per heavy atom. The number of amides is 1. The summed E-state index contributed by atoms with van der Waals surface area (Å²) in [6.07, 6.45) is 1.93. The van der Waals surface area contributed by atoms with Crippen molar-refractivity contribution in [1.82, 2.24) is 15.2 Å². The van der Waals surface area contributed by atoms with Crippen molar-refractivity contribution in [2.75, 3.05) is 33.4 Å². The van der Waals surface area contributed by atoms with Gasteiger partial charge in [-0.1, -0.05) is 0 Å². The molecule has 18 heavy (non-hydrogen) atoms. The Morgan fingerprint density at radius 2 is 2.17 bits per heavy atom. The van der Waals surface area contributed by atoms with Crippen molar-refractivity contribution in [1.29, 1.82) is 0 Å². The molecule has 0 aromatic carbocycles. The highest BCUT2D eigenvalue weighted by molar-refractivity contribution is 5.92. The van der Waals surface area contributed by atoms with E-state index in [1.807, 2.05) is 22.9 Å². The van der Waals surface area contributed by atoms with Crippen LogP contribution in [0.3, 0.4) is 0 Å². The number of aromatic nitrogens is 1. The first-order chi connectivity index (χ1) is 8.66. The number of ether oxygens (including phenoxy) is 1. The fourth-order valence-electron chi connectivity index (χ4n) is 1.69. The quantitative estimate of drug-likeness (QED) is 0.681. The van der Waals surface area contributed by atoms with Crippen molar-refractivity contribution in [2.24, 2.45) is 0 Å². The molecule has 5 nitrogen and oxygen atoms in total. The Labute approximate surface area is 109 Å². The van der Waals surface area contributed by atoms with Crippen molar-refractivity contribution in [3.05, 3.63) is 24.0 Å². The molecular weight excluding hydrogens is 230 g/mol. The summed E-state index contributed by atoms with van der Waals surface area (Å²) in [5.74, 6) is -0.0257. The van der Waals surface area contributed by atoms with Crippen molar-refractivity contribution in [3.8, 4) is 0 Å². The molecule has 1 rings (SSSR count). The van der Waals surface area contributed by atoms with Crippen LogP contribution in [0.2, 0.25) is 0 Å². The van der Waals surface area contributed by atoms with E-state index < -0.39 is 0 Å². The molecule has 0 unspecified atom stereocenters. The van der Waals surface area contributed by atoms with Gasteiger partial charge in [-0.15, -0.1) is 0 Å². The van der Waals surface area contributed by atoms with Crippen LogP contribution in [0.4, 0.5) is 0 Å². The normalized spacial score (nSPS) is 10.9. The van der Waals surface area contributed by atoms with Gasteiger partial charge >= 0.3 is 0 Å². The Balaban J connectivity index is 2.30. The number of methoxy groups -OCH3 is 1. The van der Waals surface area contributed by atoms with Gasteiger partial charge in [-0.05, 0) is 26.0 Å². The van der Waals surface area contributed by atoms with Gasteiger partial charge in [-0.2, -0.15) is 0 Å². The minimum absolute atomic E-state index is 0.0257. The van der Waals surface area contributed by atoms with Gasteiger partial charge in [0.15, 0.2) is 0 Å². The zero-order valence-electron chi connectivity index (χ0n) is 11.4. The van der Waals surface area contributed by atoms with Crippen LogP contribution in [0.5, 0.6) is 0 Å². The molecule has 1 heterocycles. The van der Waals surface area contributed by atoms with Crippen molar-refractivity contribution < 1.29 is 9.53 Å². The molecule has 2 N–H and O–H groups in total. The Hall–Kier alpha value is -1.33. The molecule has 5 heteroatoms. The number of hydrogen-bond donors (Lipinski definition) is 2. The first-order valence-electron chi connectivity index (χ1n) is 6.31. The monoisotopic (exact) mass is 253 g/mol. The van der Waals surface area contributed by atoms with Crippen LogP contribution >= 0.6 is 0 Å². The van der Waals surface area contributed by atoms with Gasteiger partial charge in [0.2, 0.25) is 0 Å². The van der Waals surface area contributed by atoms with Gasteiger partial charge in [0, 0.05) is 39.0 Å². The predicted octanol–water partition coefficient (Wildman–Crippen LogP) is 1.03. The van der Waals surface area contributed by atoms with Gasteiger partial charge in [0.05, 0.1) is 6.61 Å². The second kappa shape index (κ2) is 7.89. The molecule has 0 atom stereocenters. The summed E-state index contributed by atoms with van der Waals surface area (Å²) in [4.78, 5) is 11.9. The van der Waals surface area contributed by atoms with Crippen molar-refractivity contribution in [3.63, 3.8) is 0 Å². The number of rotatable bonds is 8. The van der Waals surface area contributed by atoms with Crippen LogP contribution in [-0.4, -0.2) is 43.8 Å². The fourth-order valence-corrected chi connectivity index (χ4v) is 1.69. The second-order valence-electron chi connectivity index (χ2n) is 4.39. The van der Waals surface area contributed by atoms with E-state index in [2.05, 4.69) is 24.5 Å². The van der Waals surface area contributed by atoms with E-state index >= 15 is 0 Å². The third-order valence-electron chi connectivity index (χ3n) is 2.64. The van der Waals surface area contributed by atoms with E-state index in [1.165, 1.54) is 0 Å². The van der Waals surface area contributed by atoms with Crippen LogP contribution < -0.4 is 10.6 Å². The van der Waals surface area contributed by atoms with E-state index in [-0.39, 0.29) is 5.91 Å². The predicted molar refractivity (Wildman–Crippen MR) is 71.9 cm³/mol. The molecule has 1 aromatic rings. The summed E-state index contributed by atoms with van der Waals surface area (Å²) < 4.78 is 6.88. The van der Waals surface area contributed by atoms with E-state index in [1.54, 1.807) is 7.11 Å². The van der Waals surface area contributed by atoms with Gasteiger partial charge in [-0.25, -0.2) is 0 Å². The van der Waals surface area contributed by atoms with Crippen molar-refractivity contribution in [2.45, 2.75) is 19.9 Å². The van der Waals surface area contributed by atoms with Gasteiger partial charge < -0.3 is 19.9 Å². The lowest BCUT2D eigenvalue weighted by atomic mass is 10.3. The van der Waals surface area contributed by atoms with Crippen molar-refractivity contribution >= 4 is 5.91 Å². The lowest BCUT2D eigenvalue weighted by Crippen LogP contribution is -2.34. The highest BCUT2D eigenvalue weighted by Crippen LogP contribution is 2.10. The molecule has 102 valence electrons. The number of hydrogen-bond acceptors (Lipinski definition) is 3. The molecule has 0 aliphatic rings. The molecule has 0 saturated carbocycles. The lowest BCUT2D eigenvalue weighted by Gasteiger charge is -2.13. The van der Waals surface area contributed by atoms with Gasteiger partial charge in [0.25, 0.3) is 5.91 Å². The lowest BCUT2D eigenvalue weighted by molar-refractivity contribution is 0.0943. The van der Waals surface area contributed by atoms with Crippen LogP contribution in [-0.2, 0) is 4.74 Å². The van der Waals surface area contributed by atoms with Gasteiger partial charge in [-0.3, -0.25) is 4.79 Å². The summed E-state index contributed by atoms with van der Waals surface area (Å²) in [7, 11) is 1.67. The molecule has 0 bridgehead atoms. The number of nitrogens with one attached hydrogen (secondary N) is 2. The van der Waals surface area contributed by atoms with Crippen LogP contribution in [0, 0.1) is 0 Å². The maximum Gasteiger partial charge on any atom is 0.267 e. The van der Waals surface area contributed by atoms with E-state index in [9.17, 15) is 4.79 Å². The third kappa shape index (κ3) is 4.50. The maximum atomic E-state index is 11.9. The molecular formula is C13H23N3O2. The topological polar surface area (TPSA) is 55.3 Å². The average molecular weight is 253 g/mol. The number of nitrogens with zero attached hydrogens (tertiary/aromatic N) is 1. The average Bonchev–Trinajstić information content (AvgIpc) is 2.82. The molecule has 0 fully saturated rings. The Bertz CT molecular complexity index is 361. The van der Waals surface area contributed by atoms with Gasteiger partial charge in [0.1, 0.15) is 5.69 Å². The van der Waals surface area contributed by atoms with E-state index in [0.717, 1.165) is 13.1 Å². The summed E-state index contributed by atoms with van der Waals surface area (Å²) >= 11 is 0. The molecule has 1 aromatic heterocycles. The van der Waals surface area contributed by atoms with Crippen LogP contribution in [0.1, 0.15) is 30.4 Å². The first kappa shape index (κ1) is 14.7. The van der Waals surface area contributed by atoms with Crippen LogP contribution in [0.25, 0.3) is 0 Å². The standard InChI is InChI=1S/C13H23N3O2/c1-11(2)16-9-4-5-12(16)13(17)15-7-6-14-8-10-18-3/h4-5,9,11,14H,6-8,10H2,1-3H3,(H,15,17). The molecule has 0 saturated heterocycles. The Morgan fingerprint density at radius 3 is 2.83 bits per heavy atom. The zero-order valence-corrected chi connectivity index (χ0v) is 11.4. The minimum Gasteiger partial charge on any atom is -0.383 e. The SMILES string of the molecule is COCCNCCNC(=O)c1cccn1C(C)C. The fraction of sp³-hybridized carbons (Fsp3) is 0.615. The summed E-state index contributed by atoms with van der Waals surface area (Å²) in [5.41, 5.74) is 0.710. The highest BCUT2D eigenvalue weighted by atomic mass is 16.5. The number of carbonyl (C=O) groups is 1. The first-order valence-corrected chi connectivity index (χ1v) is 6.31. The minimum atomic E-state index is -0.0257. The largest absolute Gasteiger partial charge is 0.383 e. The smallest absolute Gasteiger partial charge is 0.267 e. The van der Waals surface area contributed by atoms with E-state index in [0.29, 0.717) is 24.9 Å². The molecule has 0 aliphatic heterocycles. The van der Waals surface area contributed by atoms with Crippen LogP contribution in [0.15, 0.2) is 18.3 Å². The molecule has 0 spiro atoms.